The number of anilines is 1. The molecule has 2 aromatic rings. The van der Waals surface area contributed by atoms with Gasteiger partial charge in [0.05, 0.1) is 6.61 Å². The molecule has 2 rings (SSSR count). The third kappa shape index (κ3) is 4.28. The first kappa shape index (κ1) is 13.4. The first-order chi connectivity index (χ1) is 9.40. The third-order valence-corrected chi connectivity index (χ3v) is 2.85. The van der Waals surface area contributed by atoms with Gasteiger partial charge in [-0.05, 0) is 24.6 Å². The number of hydrogen-bond donors (Lipinski definition) is 1. The summed E-state index contributed by atoms with van der Waals surface area (Å²) in [4.78, 5) is 4.25. The summed E-state index contributed by atoms with van der Waals surface area (Å²) in [5.41, 5.74) is 1.16. The minimum Gasteiger partial charge on any atom is -0.493 e. The summed E-state index contributed by atoms with van der Waals surface area (Å²) in [6.45, 7) is 3.66. The highest BCUT2D eigenvalue weighted by atomic mass is 16.5. The van der Waals surface area contributed by atoms with Gasteiger partial charge in [0.15, 0.2) is 0 Å². The van der Waals surface area contributed by atoms with E-state index in [9.17, 15) is 0 Å². The molecule has 0 saturated heterocycles. The van der Waals surface area contributed by atoms with Gasteiger partial charge in [0.1, 0.15) is 11.6 Å². The van der Waals surface area contributed by atoms with Crippen molar-refractivity contribution in [1.82, 2.24) is 4.98 Å². The van der Waals surface area contributed by atoms with Crippen LogP contribution in [0.3, 0.4) is 0 Å². The number of nitrogens with zero attached hydrogens (tertiary/aromatic N) is 1. The molecule has 0 spiro atoms. The van der Waals surface area contributed by atoms with Gasteiger partial charge >= 0.3 is 0 Å². The van der Waals surface area contributed by atoms with E-state index >= 15 is 0 Å². The molecule has 0 atom stereocenters. The zero-order valence-electron chi connectivity index (χ0n) is 11.3. The van der Waals surface area contributed by atoms with Gasteiger partial charge in [-0.1, -0.05) is 37.6 Å². The zero-order valence-corrected chi connectivity index (χ0v) is 11.3. The predicted octanol–water partition coefficient (Wildman–Crippen LogP) is 3.87. The highest BCUT2D eigenvalue weighted by molar-refractivity contribution is 5.39. The predicted molar refractivity (Wildman–Crippen MR) is 78.4 cm³/mol. The summed E-state index contributed by atoms with van der Waals surface area (Å²) < 4.78 is 5.81. The number of nitrogens with one attached hydrogen (secondary N) is 1. The monoisotopic (exact) mass is 256 g/mol. The molecule has 0 aliphatic carbocycles. The second kappa shape index (κ2) is 7.41. The average molecular weight is 256 g/mol. The van der Waals surface area contributed by atoms with Gasteiger partial charge in [0.2, 0.25) is 0 Å². The van der Waals surface area contributed by atoms with E-state index in [-0.39, 0.29) is 0 Å². The van der Waals surface area contributed by atoms with E-state index < -0.39 is 0 Å². The molecule has 0 bridgehead atoms. The van der Waals surface area contributed by atoms with Crippen molar-refractivity contribution < 1.29 is 4.74 Å². The van der Waals surface area contributed by atoms with Crippen molar-refractivity contribution in [2.24, 2.45) is 0 Å². The number of unbranched alkanes of at least 4 members (excludes halogenated alkanes) is 1. The molecule has 0 unspecified atom stereocenters. The van der Waals surface area contributed by atoms with Crippen LogP contribution in [-0.4, -0.2) is 11.6 Å². The van der Waals surface area contributed by atoms with Crippen LogP contribution in [0.2, 0.25) is 0 Å². The Kier molecular flexibility index (Phi) is 5.23. The number of rotatable bonds is 7. The van der Waals surface area contributed by atoms with Crippen molar-refractivity contribution in [3.8, 4) is 5.75 Å². The van der Waals surface area contributed by atoms with Crippen LogP contribution in [-0.2, 0) is 6.54 Å². The molecular weight excluding hydrogens is 236 g/mol. The number of para-hydroxylation sites is 1. The Morgan fingerprint density at radius 3 is 2.74 bits per heavy atom. The topological polar surface area (TPSA) is 34.1 Å². The molecule has 1 aromatic heterocycles. The van der Waals surface area contributed by atoms with Gasteiger partial charge in [0.25, 0.3) is 0 Å². The molecule has 1 N–H and O–H groups in total. The molecule has 0 radical (unpaired) electrons. The van der Waals surface area contributed by atoms with Gasteiger partial charge in [-0.25, -0.2) is 4.98 Å². The normalized spacial score (nSPS) is 10.2. The molecule has 3 nitrogen and oxygen atoms in total. The highest BCUT2D eigenvalue weighted by Crippen LogP contribution is 2.19. The van der Waals surface area contributed by atoms with Gasteiger partial charge < -0.3 is 10.1 Å². The van der Waals surface area contributed by atoms with Crippen LogP contribution in [0.4, 0.5) is 5.82 Å². The summed E-state index contributed by atoms with van der Waals surface area (Å²) in [6.07, 6.45) is 4.02. The quantitative estimate of drug-likeness (QED) is 0.763. The SMILES string of the molecule is CCCCOc1ccccc1CNc1ccccn1. The smallest absolute Gasteiger partial charge is 0.126 e. The van der Waals surface area contributed by atoms with E-state index in [1.807, 2.05) is 36.4 Å². The Balaban J connectivity index is 1.95. The molecule has 0 saturated carbocycles. The fraction of sp³-hybridized carbons (Fsp3) is 0.312. The number of aromatic nitrogens is 1. The second-order valence-electron chi connectivity index (χ2n) is 4.38. The van der Waals surface area contributed by atoms with Crippen molar-refractivity contribution >= 4 is 5.82 Å². The Morgan fingerprint density at radius 1 is 1.11 bits per heavy atom. The highest BCUT2D eigenvalue weighted by Gasteiger charge is 2.02. The van der Waals surface area contributed by atoms with Crippen molar-refractivity contribution in [1.29, 1.82) is 0 Å². The molecular formula is C16H20N2O. The summed E-state index contributed by atoms with van der Waals surface area (Å²) in [5, 5.41) is 3.30. The lowest BCUT2D eigenvalue weighted by Crippen LogP contribution is -2.05. The third-order valence-electron chi connectivity index (χ3n) is 2.85. The summed E-state index contributed by atoms with van der Waals surface area (Å²) in [6, 6.07) is 14.0. The van der Waals surface area contributed by atoms with Gasteiger partial charge in [0, 0.05) is 18.3 Å². The first-order valence-corrected chi connectivity index (χ1v) is 6.75. The van der Waals surface area contributed by atoms with Gasteiger partial charge in [-0.3, -0.25) is 0 Å². The van der Waals surface area contributed by atoms with Gasteiger partial charge in [-0.15, -0.1) is 0 Å². The Bertz CT molecular complexity index is 485. The van der Waals surface area contributed by atoms with Crippen LogP contribution in [0.25, 0.3) is 0 Å². The van der Waals surface area contributed by atoms with Crippen LogP contribution in [0.5, 0.6) is 5.75 Å². The van der Waals surface area contributed by atoms with Crippen LogP contribution < -0.4 is 10.1 Å². The van der Waals surface area contributed by atoms with Crippen molar-refractivity contribution in [2.75, 3.05) is 11.9 Å². The van der Waals surface area contributed by atoms with Crippen molar-refractivity contribution in [2.45, 2.75) is 26.3 Å². The summed E-state index contributed by atoms with van der Waals surface area (Å²) >= 11 is 0. The van der Waals surface area contributed by atoms with E-state index in [0.717, 1.165) is 43.1 Å². The number of benzene rings is 1. The van der Waals surface area contributed by atoms with E-state index in [2.05, 4.69) is 23.3 Å². The van der Waals surface area contributed by atoms with E-state index in [0.29, 0.717) is 0 Å². The summed E-state index contributed by atoms with van der Waals surface area (Å²) in [7, 11) is 0. The van der Waals surface area contributed by atoms with Crippen LogP contribution in [0.1, 0.15) is 25.3 Å². The van der Waals surface area contributed by atoms with E-state index in [1.165, 1.54) is 0 Å². The van der Waals surface area contributed by atoms with Gasteiger partial charge in [-0.2, -0.15) is 0 Å². The molecule has 0 fully saturated rings. The molecule has 100 valence electrons. The minimum atomic E-state index is 0.722. The lowest BCUT2D eigenvalue weighted by molar-refractivity contribution is 0.306. The second-order valence-corrected chi connectivity index (χ2v) is 4.38. The molecule has 1 aromatic carbocycles. The Hall–Kier alpha value is -2.03. The fourth-order valence-electron chi connectivity index (χ4n) is 1.77. The molecule has 0 aliphatic rings. The van der Waals surface area contributed by atoms with E-state index in [4.69, 9.17) is 4.74 Å². The molecule has 1 heterocycles. The molecule has 0 aliphatic heterocycles. The number of hydrogen-bond acceptors (Lipinski definition) is 3. The lowest BCUT2D eigenvalue weighted by Gasteiger charge is -2.12. The largest absolute Gasteiger partial charge is 0.493 e. The van der Waals surface area contributed by atoms with Crippen LogP contribution in [0.15, 0.2) is 48.7 Å². The number of ether oxygens (including phenoxy) is 1. The Labute approximate surface area is 114 Å². The standard InChI is InChI=1S/C16H20N2O/c1-2-3-12-19-15-9-5-4-8-14(15)13-18-16-10-6-7-11-17-16/h4-11H,2-3,12-13H2,1H3,(H,17,18). The zero-order chi connectivity index (χ0) is 13.3. The Morgan fingerprint density at radius 2 is 1.95 bits per heavy atom. The lowest BCUT2D eigenvalue weighted by atomic mass is 10.2. The molecule has 0 amide bonds. The first-order valence-electron chi connectivity index (χ1n) is 6.75. The molecule has 19 heavy (non-hydrogen) atoms. The van der Waals surface area contributed by atoms with Crippen LogP contribution >= 0.6 is 0 Å². The average Bonchev–Trinajstić information content (AvgIpc) is 2.48. The van der Waals surface area contributed by atoms with Crippen LogP contribution in [0, 0.1) is 0 Å². The fourth-order valence-corrected chi connectivity index (χ4v) is 1.77. The van der Waals surface area contributed by atoms with Crippen molar-refractivity contribution in [3.63, 3.8) is 0 Å². The maximum absolute atomic E-state index is 5.81. The van der Waals surface area contributed by atoms with Crippen molar-refractivity contribution in [3.05, 3.63) is 54.2 Å². The summed E-state index contributed by atoms with van der Waals surface area (Å²) in [5.74, 6) is 1.84. The van der Waals surface area contributed by atoms with E-state index in [1.54, 1.807) is 6.20 Å². The molecule has 3 heteroatoms. The maximum Gasteiger partial charge on any atom is 0.126 e. The minimum absolute atomic E-state index is 0.722. The maximum atomic E-state index is 5.81. The number of pyridine rings is 1.